The average molecular weight is 284 g/mol. The van der Waals surface area contributed by atoms with Crippen LogP contribution in [0.1, 0.15) is 32.6 Å². The van der Waals surface area contributed by atoms with E-state index in [0.29, 0.717) is 0 Å². The van der Waals surface area contributed by atoms with Crippen molar-refractivity contribution in [2.45, 2.75) is 38.7 Å². The maximum Gasteiger partial charge on any atom is 0.331 e. The molecule has 0 N–H and O–H groups in total. The van der Waals surface area contributed by atoms with Gasteiger partial charge in [0.1, 0.15) is 6.10 Å². The molecule has 0 aromatic rings. The molecule has 1 aliphatic heterocycles. The zero-order valence-electron chi connectivity index (χ0n) is 12.7. The van der Waals surface area contributed by atoms with Gasteiger partial charge >= 0.3 is 5.97 Å². The lowest BCUT2D eigenvalue weighted by Gasteiger charge is -2.13. The van der Waals surface area contributed by atoms with Crippen LogP contribution in [0, 0.1) is 11.8 Å². The van der Waals surface area contributed by atoms with Crippen LogP contribution in [0.3, 0.4) is 0 Å². The second-order valence-electron chi connectivity index (χ2n) is 5.69. The molecule has 0 saturated heterocycles. The second kappa shape index (κ2) is 8.46. The van der Waals surface area contributed by atoms with Gasteiger partial charge in [-0.15, -0.1) is 0 Å². The van der Waals surface area contributed by atoms with Crippen LogP contribution in [0.5, 0.6) is 0 Å². The standard InChI is InChI=1S/C19H24O2/c1-16-15-17(16)11-8-6-4-2-3-5-7-9-12-18-13-10-14-19(20)21-18/h4-12,14,16-18H,2-3,13,15H2,1H3/b6-4+,7-5+,11-8+,12-9+/t16-,17-,18+/m0/s1. The lowest BCUT2D eigenvalue weighted by molar-refractivity contribution is -0.141. The Morgan fingerprint density at radius 2 is 1.81 bits per heavy atom. The SMILES string of the molecule is C[C@H]1C[C@@H]1/C=C/C=C/CC/C=C/C=C/[C@@H]1CC=CC(=O)O1. The zero-order valence-corrected chi connectivity index (χ0v) is 12.7. The monoisotopic (exact) mass is 284 g/mol. The number of hydrogen-bond donors (Lipinski definition) is 0. The molecule has 112 valence electrons. The molecule has 1 saturated carbocycles. The zero-order chi connectivity index (χ0) is 14.9. The molecule has 2 aliphatic rings. The van der Waals surface area contributed by atoms with Crippen molar-refractivity contribution in [2.75, 3.05) is 0 Å². The molecule has 0 spiro atoms. The summed E-state index contributed by atoms with van der Waals surface area (Å²) in [5.74, 6) is 1.46. The van der Waals surface area contributed by atoms with Crippen molar-refractivity contribution >= 4 is 5.97 Å². The highest BCUT2D eigenvalue weighted by Gasteiger charge is 2.29. The van der Waals surface area contributed by atoms with Crippen molar-refractivity contribution in [1.29, 1.82) is 0 Å². The molecule has 0 bridgehead atoms. The molecular weight excluding hydrogens is 260 g/mol. The number of carbonyl (C=O) groups excluding carboxylic acids is 1. The highest BCUT2D eigenvalue weighted by atomic mass is 16.5. The Labute approximate surface area is 127 Å². The Balaban J connectivity index is 1.53. The maximum atomic E-state index is 11.0. The highest BCUT2D eigenvalue weighted by Crippen LogP contribution is 2.38. The third kappa shape index (κ3) is 6.44. The predicted molar refractivity (Wildman–Crippen MR) is 86.7 cm³/mol. The van der Waals surface area contributed by atoms with E-state index < -0.39 is 0 Å². The van der Waals surface area contributed by atoms with E-state index in [4.69, 9.17) is 4.74 Å². The van der Waals surface area contributed by atoms with Crippen molar-refractivity contribution in [2.24, 2.45) is 11.8 Å². The first kappa shape index (κ1) is 15.6. The smallest absolute Gasteiger partial charge is 0.331 e. The van der Waals surface area contributed by atoms with E-state index in [9.17, 15) is 4.79 Å². The molecule has 0 radical (unpaired) electrons. The largest absolute Gasteiger partial charge is 0.455 e. The van der Waals surface area contributed by atoms with Crippen molar-refractivity contribution in [3.63, 3.8) is 0 Å². The summed E-state index contributed by atoms with van der Waals surface area (Å²) < 4.78 is 5.12. The molecule has 2 nitrogen and oxygen atoms in total. The van der Waals surface area contributed by atoms with E-state index in [2.05, 4.69) is 37.3 Å². The van der Waals surface area contributed by atoms with Gasteiger partial charge in [0.15, 0.2) is 0 Å². The summed E-state index contributed by atoms with van der Waals surface area (Å²) in [6.45, 7) is 2.29. The maximum absolute atomic E-state index is 11.0. The number of allylic oxidation sites excluding steroid dienone is 7. The van der Waals surface area contributed by atoms with E-state index in [1.165, 1.54) is 12.5 Å². The predicted octanol–water partition coefficient (Wildman–Crippen LogP) is 4.52. The first-order valence-electron chi connectivity index (χ1n) is 7.79. The Morgan fingerprint density at radius 1 is 1.14 bits per heavy atom. The highest BCUT2D eigenvalue weighted by molar-refractivity contribution is 5.82. The van der Waals surface area contributed by atoms with Gasteiger partial charge in [-0.2, -0.15) is 0 Å². The Kier molecular flexibility index (Phi) is 6.26. The minimum absolute atomic E-state index is 0.109. The number of hydrogen-bond acceptors (Lipinski definition) is 2. The van der Waals surface area contributed by atoms with Gasteiger partial charge in [-0.3, -0.25) is 0 Å². The minimum atomic E-state index is -0.251. The van der Waals surface area contributed by atoms with Crippen molar-refractivity contribution in [3.05, 3.63) is 60.8 Å². The molecule has 1 heterocycles. The molecule has 0 aromatic heterocycles. The summed E-state index contributed by atoms with van der Waals surface area (Å²) in [5.41, 5.74) is 0. The molecule has 0 amide bonds. The fourth-order valence-corrected chi connectivity index (χ4v) is 2.21. The lowest BCUT2D eigenvalue weighted by atomic mass is 10.2. The van der Waals surface area contributed by atoms with Crippen molar-refractivity contribution in [1.82, 2.24) is 0 Å². The van der Waals surface area contributed by atoms with E-state index in [-0.39, 0.29) is 12.1 Å². The summed E-state index contributed by atoms with van der Waals surface area (Å²) in [6, 6.07) is 0. The summed E-state index contributed by atoms with van der Waals surface area (Å²) >= 11 is 0. The first-order chi connectivity index (χ1) is 10.3. The molecule has 2 heteroatoms. The van der Waals surface area contributed by atoms with Gasteiger partial charge in [-0.25, -0.2) is 4.79 Å². The average Bonchev–Trinajstić information content (AvgIpc) is 3.17. The summed E-state index contributed by atoms with van der Waals surface area (Å²) in [7, 11) is 0. The fraction of sp³-hybridized carbons (Fsp3) is 0.421. The van der Waals surface area contributed by atoms with Crippen LogP contribution in [-0.4, -0.2) is 12.1 Å². The van der Waals surface area contributed by atoms with E-state index >= 15 is 0 Å². The number of rotatable bonds is 7. The van der Waals surface area contributed by atoms with Crippen LogP contribution in [0.15, 0.2) is 60.8 Å². The van der Waals surface area contributed by atoms with Gasteiger partial charge in [0, 0.05) is 12.5 Å². The molecule has 1 aliphatic carbocycles. The first-order valence-corrected chi connectivity index (χ1v) is 7.79. The Bertz CT molecular complexity index is 480. The summed E-state index contributed by atoms with van der Waals surface area (Å²) in [4.78, 5) is 11.0. The van der Waals surface area contributed by atoms with E-state index in [1.807, 2.05) is 24.3 Å². The van der Waals surface area contributed by atoms with E-state index in [1.54, 1.807) is 0 Å². The van der Waals surface area contributed by atoms with Gasteiger partial charge in [-0.05, 0) is 37.2 Å². The van der Waals surface area contributed by atoms with Crippen LogP contribution >= 0.6 is 0 Å². The normalized spacial score (nSPS) is 29.2. The molecule has 1 fully saturated rings. The van der Waals surface area contributed by atoms with Crippen molar-refractivity contribution in [3.8, 4) is 0 Å². The quantitative estimate of drug-likeness (QED) is 0.390. The van der Waals surface area contributed by atoms with Crippen LogP contribution in [0.2, 0.25) is 0 Å². The van der Waals surface area contributed by atoms with Gasteiger partial charge in [0.2, 0.25) is 0 Å². The summed E-state index contributed by atoms with van der Waals surface area (Å²) in [6.07, 6.45) is 24.3. The Hall–Kier alpha value is -1.83. The second-order valence-corrected chi connectivity index (χ2v) is 5.69. The van der Waals surface area contributed by atoms with E-state index in [0.717, 1.165) is 31.1 Å². The third-order valence-electron chi connectivity index (χ3n) is 3.74. The molecule has 2 rings (SSSR count). The van der Waals surface area contributed by atoms with Gasteiger partial charge in [-0.1, -0.05) is 55.5 Å². The summed E-state index contributed by atoms with van der Waals surface area (Å²) in [5, 5.41) is 0. The molecule has 0 unspecified atom stereocenters. The van der Waals surface area contributed by atoms with Crippen LogP contribution in [0.25, 0.3) is 0 Å². The molecule has 21 heavy (non-hydrogen) atoms. The number of unbranched alkanes of at least 4 members (excludes halogenated alkanes) is 1. The molecular formula is C19H24O2. The van der Waals surface area contributed by atoms with Gasteiger partial charge in [0.25, 0.3) is 0 Å². The number of cyclic esters (lactones) is 1. The molecule has 3 atom stereocenters. The fourth-order valence-electron chi connectivity index (χ4n) is 2.21. The van der Waals surface area contributed by atoms with Crippen LogP contribution < -0.4 is 0 Å². The van der Waals surface area contributed by atoms with Gasteiger partial charge < -0.3 is 4.74 Å². The lowest BCUT2D eigenvalue weighted by Crippen LogP contribution is -2.17. The number of esters is 1. The van der Waals surface area contributed by atoms with Crippen LogP contribution in [-0.2, 0) is 9.53 Å². The van der Waals surface area contributed by atoms with Crippen LogP contribution in [0.4, 0.5) is 0 Å². The topological polar surface area (TPSA) is 26.3 Å². The number of carbonyl (C=O) groups is 1. The molecule has 0 aromatic carbocycles. The Morgan fingerprint density at radius 3 is 2.43 bits per heavy atom. The van der Waals surface area contributed by atoms with Crippen molar-refractivity contribution < 1.29 is 9.53 Å². The van der Waals surface area contributed by atoms with Gasteiger partial charge in [0.05, 0.1) is 0 Å². The third-order valence-corrected chi connectivity index (χ3v) is 3.74. The number of ether oxygens (including phenoxy) is 1. The minimum Gasteiger partial charge on any atom is -0.455 e.